The Labute approximate surface area is 84.6 Å². The second-order valence-corrected chi connectivity index (χ2v) is 3.69. The predicted molar refractivity (Wildman–Crippen MR) is 60.1 cm³/mol. The Morgan fingerprint density at radius 2 is 1.71 bits per heavy atom. The molecule has 0 spiro atoms. The van der Waals surface area contributed by atoms with Gasteiger partial charge in [-0.05, 0) is 55.6 Å². The van der Waals surface area contributed by atoms with Gasteiger partial charge in [-0.1, -0.05) is 17.7 Å². The lowest BCUT2D eigenvalue weighted by atomic mass is 9.99. The topological polar surface area (TPSA) is 29.4 Å². The van der Waals surface area contributed by atoms with Crippen molar-refractivity contribution in [2.24, 2.45) is 5.18 Å². The summed E-state index contributed by atoms with van der Waals surface area (Å²) in [6, 6.07) is 4.22. The van der Waals surface area contributed by atoms with Crippen LogP contribution in [-0.2, 0) is 0 Å². The molecule has 1 aromatic rings. The first kappa shape index (κ1) is 10.6. The highest BCUT2D eigenvalue weighted by molar-refractivity contribution is 5.60. The zero-order chi connectivity index (χ0) is 10.7. The summed E-state index contributed by atoms with van der Waals surface area (Å²) in [5.41, 5.74) is 5.23. The highest BCUT2D eigenvalue weighted by Gasteiger charge is 2.01. The quantitative estimate of drug-likeness (QED) is 0.651. The van der Waals surface area contributed by atoms with Crippen LogP contribution in [0.15, 0.2) is 23.0 Å². The van der Waals surface area contributed by atoms with E-state index in [-0.39, 0.29) is 0 Å². The zero-order valence-corrected chi connectivity index (χ0v) is 9.09. The molecule has 0 saturated carbocycles. The fraction of sp³-hybridized carbons (Fsp3) is 0.333. The Balaban J connectivity index is 3.28. The summed E-state index contributed by atoms with van der Waals surface area (Å²) in [6.07, 6.45) is 1.83. The Bertz CT molecular complexity index is 368. The van der Waals surface area contributed by atoms with Crippen LogP contribution >= 0.6 is 0 Å². The van der Waals surface area contributed by atoms with Crippen LogP contribution in [0, 0.1) is 25.7 Å². The van der Waals surface area contributed by atoms with Crippen molar-refractivity contribution >= 4 is 6.08 Å². The van der Waals surface area contributed by atoms with Gasteiger partial charge in [0.1, 0.15) is 0 Å². The first-order valence-electron chi connectivity index (χ1n) is 4.64. The highest BCUT2D eigenvalue weighted by Crippen LogP contribution is 2.19. The third-order valence-corrected chi connectivity index (χ3v) is 2.24. The van der Waals surface area contributed by atoms with E-state index in [9.17, 15) is 4.91 Å². The SMILES string of the molecule is C/C(=C\c1c(C)cc(C)cc1C)N=O. The van der Waals surface area contributed by atoms with Crippen molar-refractivity contribution in [2.45, 2.75) is 27.7 Å². The van der Waals surface area contributed by atoms with Crippen molar-refractivity contribution in [1.82, 2.24) is 0 Å². The van der Waals surface area contributed by atoms with Gasteiger partial charge in [-0.15, -0.1) is 4.91 Å². The smallest absolute Gasteiger partial charge is 0.0824 e. The summed E-state index contributed by atoms with van der Waals surface area (Å²) in [5.74, 6) is 0. The molecule has 0 saturated heterocycles. The molecule has 0 radical (unpaired) electrons. The fourth-order valence-electron chi connectivity index (χ4n) is 1.65. The van der Waals surface area contributed by atoms with Gasteiger partial charge in [-0.3, -0.25) is 0 Å². The molecule has 0 heterocycles. The van der Waals surface area contributed by atoms with Crippen molar-refractivity contribution < 1.29 is 0 Å². The van der Waals surface area contributed by atoms with Crippen LogP contribution in [-0.4, -0.2) is 0 Å². The molecule has 0 bridgehead atoms. The van der Waals surface area contributed by atoms with Crippen LogP contribution in [0.5, 0.6) is 0 Å². The summed E-state index contributed by atoms with van der Waals surface area (Å²) in [7, 11) is 0. The molecule has 0 aliphatic carbocycles. The second-order valence-electron chi connectivity index (χ2n) is 3.69. The largest absolute Gasteiger partial charge is 0.145 e. The summed E-state index contributed by atoms with van der Waals surface area (Å²) < 4.78 is 0. The van der Waals surface area contributed by atoms with Gasteiger partial charge in [0, 0.05) is 0 Å². The van der Waals surface area contributed by atoms with E-state index in [1.54, 1.807) is 6.92 Å². The maximum absolute atomic E-state index is 10.3. The van der Waals surface area contributed by atoms with E-state index in [1.807, 2.05) is 19.9 Å². The van der Waals surface area contributed by atoms with E-state index >= 15 is 0 Å². The van der Waals surface area contributed by atoms with Crippen LogP contribution in [0.4, 0.5) is 0 Å². The third kappa shape index (κ3) is 2.28. The van der Waals surface area contributed by atoms with Crippen LogP contribution < -0.4 is 0 Å². The lowest BCUT2D eigenvalue weighted by Crippen LogP contribution is -1.88. The van der Waals surface area contributed by atoms with Crippen molar-refractivity contribution in [3.05, 3.63) is 45.0 Å². The Morgan fingerprint density at radius 1 is 1.21 bits per heavy atom. The average molecular weight is 189 g/mol. The highest BCUT2D eigenvalue weighted by atomic mass is 16.3. The molecule has 1 aromatic carbocycles. The number of rotatable bonds is 2. The number of aryl methyl sites for hydroxylation is 3. The van der Waals surface area contributed by atoms with Crippen LogP contribution in [0.3, 0.4) is 0 Å². The molecule has 2 nitrogen and oxygen atoms in total. The van der Waals surface area contributed by atoms with Gasteiger partial charge in [0.05, 0.1) is 5.70 Å². The lowest BCUT2D eigenvalue weighted by Gasteiger charge is -2.06. The van der Waals surface area contributed by atoms with Gasteiger partial charge in [0.25, 0.3) is 0 Å². The predicted octanol–water partition coefficient (Wildman–Crippen LogP) is 3.74. The first-order chi connectivity index (χ1) is 6.54. The molecule has 0 aliphatic rings. The molecule has 0 atom stereocenters. The van der Waals surface area contributed by atoms with Crippen LogP contribution in [0.2, 0.25) is 0 Å². The molecular formula is C12H15NO. The van der Waals surface area contributed by atoms with Crippen LogP contribution in [0.1, 0.15) is 29.2 Å². The minimum Gasteiger partial charge on any atom is -0.145 e. The number of allylic oxidation sites excluding steroid dienone is 1. The van der Waals surface area contributed by atoms with Crippen molar-refractivity contribution in [1.29, 1.82) is 0 Å². The van der Waals surface area contributed by atoms with E-state index in [4.69, 9.17) is 0 Å². The summed E-state index contributed by atoms with van der Waals surface area (Å²) in [5, 5.41) is 2.90. The molecule has 0 N–H and O–H groups in total. The molecule has 0 amide bonds. The fourth-order valence-corrected chi connectivity index (χ4v) is 1.65. The van der Waals surface area contributed by atoms with Gasteiger partial charge in [-0.2, -0.15) is 0 Å². The van der Waals surface area contributed by atoms with Gasteiger partial charge in [-0.25, -0.2) is 0 Å². The second kappa shape index (κ2) is 4.18. The van der Waals surface area contributed by atoms with Crippen LogP contribution in [0.25, 0.3) is 6.08 Å². The number of hydrogen-bond acceptors (Lipinski definition) is 2. The lowest BCUT2D eigenvalue weighted by molar-refractivity contribution is 1.27. The third-order valence-electron chi connectivity index (χ3n) is 2.24. The Kier molecular flexibility index (Phi) is 3.18. The number of benzene rings is 1. The van der Waals surface area contributed by atoms with E-state index in [0.29, 0.717) is 5.70 Å². The summed E-state index contributed by atoms with van der Waals surface area (Å²) in [4.78, 5) is 10.3. The van der Waals surface area contributed by atoms with Gasteiger partial charge in [0.15, 0.2) is 0 Å². The first-order valence-corrected chi connectivity index (χ1v) is 4.64. The molecule has 2 heteroatoms. The maximum Gasteiger partial charge on any atom is 0.0824 e. The molecule has 14 heavy (non-hydrogen) atoms. The van der Waals surface area contributed by atoms with Gasteiger partial charge < -0.3 is 0 Å². The van der Waals surface area contributed by atoms with Gasteiger partial charge >= 0.3 is 0 Å². The summed E-state index contributed by atoms with van der Waals surface area (Å²) in [6.45, 7) is 7.87. The van der Waals surface area contributed by atoms with Gasteiger partial charge in [0.2, 0.25) is 0 Å². The Morgan fingerprint density at radius 3 is 2.14 bits per heavy atom. The zero-order valence-electron chi connectivity index (χ0n) is 9.09. The number of hydrogen-bond donors (Lipinski definition) is 0. The molecule has 0 aliphatic heterocycles. The van der Waals surface area contributed by atoms with Crippen molar-refractivity contribution in [3.63, 3.8) is 0 Å². The molecule has 0 aromatic heterocycles. The van der Waals surface area contributed by atoms with E-state index in [2.05, 4.69) is 24.2 Å². The molecule has 0 fully saturated rings. The normalized spacial score (nSPS) is 11.6. The van der Waals surface area contributed by atoms with Crippen molar-refractivity contribution in [3.8, 4) is 0 Å². The number of nitrogens with zero attached hydrogens (tertiary/aromatic N) is 1. The van der Waals surface area contributed by atoms with Crippen molar-refractivity contribution in [2.75, 3.05) is 0 Å². The maximum atomic E-state index is 10.3. The number of nitroso groups, excluding NO2 is 1. The molecular weight excluding hydrogens is 174 g/mol. The van der Waals surface area contributed by atoms with E-state index < -0.39 is 0 Å². The summed E-state index contributed by atoms with van der Waals surface area (Å²) >= 11 is 0. The standard InChI is InChI=1S/C12H15NO/c1-8-5-9(2)12(10(3)6-8)7-11(4)13-14/h5-7H,1-4H3/b11-7+. The Hall–Kier alpha value is -1.44. The minimum absolute atomic E-state index is 0.514. The minimum atomic E-state index is 0.514. The molecule has 1 rings (SSSR count). The van der Waals surface area contributed by atoms with E-state index in [0.717, 1.165) is 5.56 Å². The van der Waals surface area contributed by atoms with E-state index in [1.165, 1.54) is 16.7 Å². The monoisotopic (exact) mass is 189 g/mol. The molecule has 0 unspecified atom stereocenters. The average Bonchev–Trinajstić information content (AvgIpc) is 2.10. The molecule has 74 valence electrons.